The highest BCUT2D eigenvalue weighted by molar-refractivity contribution is 8.00. The predicted octanol–water partition coefficient (Wildman–Crippen LogP) is 2.56. The number of carbonyl (C=O) groups is 1. The molecule has 1 saturated heterocycles. The number of benzene rings is 2. The van der Waals surface area contributed by atoms with Crippen molar-refractivity contribution in [3.8, 4) is 0 Å². The van der Waals surface area contributed by atoms with E-state index in [-0.39, 0.29) is 18.0 Å². The van der Waals surface area contributed by atoms with Crippen molar-refractivity contribution < 1.29 is 14.4 Å². The zero-order valence-electron chi connectivity index (χ0n) is 17.0. The van der Waals surface area contributed by atoms with Gasteiger partial charge in [0.05, 0.1) is 25.0 Å². The van der Waals surface area contributed by atoms with E-state index in [0.29, 0.717) is 5.75 Å². The van der Waals surface area contributed by atoms with Gasteiger partial charge in [0, 0.05) is 10.5 Å². The van der Waals surface area contributed by atoms with Crippen LogP contribution in [-0.2, 0) is 9.53 Å². The van der Waals surface area contributed by atoms with Crippen LogP contribution in [0, 0.1) is 13.8 Å². The third kappa shape index (κ3) is 5.60. The zero-order chi connectivity index (χ0) is 19.9. The van der Waals surface area contributed by atoms with Crippen LogP contribution < -0.4 is 10.2 Å². The van der Waals surface area contributed by atoms with Crippen LogP contribution in [0.15, 0.2) is 53.4 Å². The Hall–Kier alpha value is -1.82. The van der Waals surface area contributed by atoms with E-state index < -0.39 is 0 Å². The van der Waals surface area contributed by atoms with Gasteiger partial charge in [0.15, 0.2) is 0 Å². The Balaban J connectivity index is 1.63. The fourth-order valence-corrected chi connectivity index (χ4v) is 4.79. The van der Waals surface area contributed by atoms with Crippen molar-refractivity contribution in [1.82, 2.24) is 5.32 Å². The largest absolute Gasteiger partial charge is 0.370 e. The van der Waals surface area contributed by atoms with Gasteiger partial charge in [-0.3, -0.25) is 4.79 Å². The summed E-state index contributed by atoms with van der Waals surface area (Å²) in [6.45, 7) is 9.81. The molecule has 0 spiro atoms. The Morgan fingerprint density at radius 1 is 1.14 bits per heavy atom. The highest BCUT2D eigenvalue weighted by Crippen LogP contribution is 2.23. The normalized spacial score (nSPS) is 17.1. The van der Waals surface area contributed by atoms with Crippen molar-refractivity contribution in [3.05, 3.63) is 65.2 Å². The van der Waals surface area contributed by atoms with Crippen LogP contribution in [-0.4, -0.2) is 44.0 Å². The second-order valence-electron chi connectivity index (χ2n) is 7.57. The number of aryl methyl sites for hydroxylation is 2. The van der Waals surface area contributed by atoms with E-state index in [4.69, 9.17) is 4.74 Å². The molecule has 1 fully saturated rings. The fraction of sp³-hybridized carbons (Fsp3) is 0.435. The second kappa shape index (κ2) is 10.1. The molecule has 1 amide bonds. The van der Waals surface area contributed by atoms with E-state index in [1.165, 1.54) is 26.5 Å². The molecule has 0 radical (unpaired) electrons. The number of nitrogens with one attached hydrogen (secondary N) is 2. The van der Waals surface area contributed by atoms with Gasteiger partial charge in [-0.05, 0) is 32.4 Å². The summed E-state index contributed by atoms with van der Waals surface area (Å²) in [6, 6.07) is 17.2. The van der Waals surface area contributed by atoms with Gasteiger partial charge in [-0.15, -0.1) is 11.8 Å². The maximum atomic E-state index is 12.7. The molecule has 0 unspecified atom stereocenters. The molecule has 0 aromatic heterocycles. The number of hydrogen-bond acceptors (Lipinski definition) is 3. The molecular formula is C23H31N2O2S+. The third-order valence-corrected chi connectivity index (χ3v) is 6.49. The van der Waals surface area contributed by atoms with Crippen molar-refractivity contribution in [2.45, 2.75) is 37.8 Å². The lowest BCUT2D eigenvalue weighted by atomic mass is 9.98. The van der Waals surface area contributed by atoms with E-state index in [9.17, 15) is 4.79 Å². The van der Waals surface area contributed by atoms with Crippen LogP contribution in [0.4, 0.5) is 0 Å². The van der Waals surface area contributed by atoms with Gasteiger partial charge in [0.1, 0.15) is 19.1 Å². The minimum atomic E-state index is 0.0581. The minimum absolute atomic E-state index is 0.0581. The quantitative estimate of drug-likeness (QED) is 0.703. The summed E-state index contributed by atoms with van der Waals surface area (Å²) in [7, 11) is 0. The van der Waals surface area contributed by atoms with Gasteiger partial charge in [-0.25, -0.2) is 0 Å². The molecule has 3 rings (SSSR count). The molecular weight excluding hydrogens is 368 g/mol. The molecule has 2 aromatic carbocycles. The summed E-state index contributed by atoms with van der Waals surface area (Å²) in [5.74, 6) is 0.528. The van der Waals surface area contributed by atoms with E-state index in [1.54, 1.807) is 11.8 Å². The van der Waals surface area contributed by atoms with Crippen LogP contribution in [0.5, 0.6) is 0 Å². The molecule has 2 aromatic rings. The number of rotatable bonds is 7. The van der Waals surface area contributed by atoms with Gasteiger partial charge >= 0.3 is 0 Å². The van der Waals surface area contributed by atoms with Crippen LogP contribution >= 0.6 is 11.8 Å². The first kappa shape index (κ1) is 20.9. The molecule has 150 valence electrons. The lowest BCUT2D eigenvalue weighted by molar-refractivity contribution is -0.940. The molecule has 1 aliphatic rings. The first-order chi connectivity index (χ1) is 13.5. The summed E-state index contributed by atoms with van der Waals surface area (Å²) in [5, 5.41) is 3.26. The summed E-state index contributed by atoms with van der Waals surface area (Å²) in [6.07, 6.45) is 0. The predicted molar refractivity (Wildman–Crippen MR) is 115 cm³/mol. The fourth-order valence-electron chi connectivity index (χ4n) is 3.97. The number of amides is 1. The first-order valence-corrected chi connectivity index (χ1v) is 11.0. The van der Waals surface area contributed by atoms with E-state index in [1.807, 2.05) is 6.07 Å². The monoisotopic (exact) mass is 399 g/mol. The molecule has 0 saturated carbocycles. The summed E-state index contributed by atoms with van der Waals surface area (Å²) in [4.78, 5) is 15.3. The highest BCUT2D eigenvalue weighted by Gasteiger charge is 2.32. The van der Waals surface area contributed by atoms with Crippen LogP contribution in [0.3, 0.4) is 0 Å². The first-order valence-electron chi connectivity index (χ1n) is 10.0. The maximum absolute atomic E-state index is 12.7. The molecule has 2 N–H and O–H groups in total. The lowest BCUT2D eigenvalue weighted by Gasteiger charge is -2.35. The molecule has 1 heterocycles. The summed E-state index contributed by atoms with van der Waals surface area (Å²) >= 11 is 1.61. The number of carbonyl (C=O) groups excluding carboxylic acids is 1. The summed E-state index contributed by atoms with van der Waals surface area (Å²) in [5.41, 5.74) is 3.75. The van der Waals surface area contributed by atoms with E-state index in [2.05, 4.69) is 68.6 Å². The third-order valence-electron chi connectivity index (χ3n) is 5.31. The maximum Gasteiger partial charge on any atom is 0.230 e. The number of quaternary nitrogens is 1. The topological polar surface area (TPSA) is 42.8 Å². The standard InChI is InChI=1S/C23H30N2O2S/c1-17-9-10-21(18(2)15-17)28-16-22(26)24-19(3)23(20-7-5-4-6-8-20)25-11-13-27-14-12-25/h4-10,15,19,23H,11-14,16H2,1-3H3,(H,24,26)/p+1/t19-,23-/m0/s1. The number of ether oxygens (including phenoxy) is 1. The number of thioether (sulfide) groups is 1. The number of morpholine rings is 1. The lowest BCUT2D eigenvalue weighted by Crippen LogP contribution is -3.15. The Bertz CT molecular complexity index is 775. The summed E-state index contributed by atoms with van der Waals surface area (Å²) < 4.78 is 5.54. The average Bonchev–Trinajstić information content (AvgIpc) is 2.69. The Kier molecular flexibility index (Phi) is 7.54. The van der Waals surface area contributed by atoms with Crippen LogP contribution in [0.1, 0.15) is 29.7 Å². The Morgan fingerprint density at radius 2 is 1.86 bits per heavy atom. The van der Waals surface area contributed by atoms with Crippen molar-refractivity contribution in [2.75, 3.05) is 32.1 Å². The van der Waals surface area contributed by atoms with Crippen molar-refractivity contribution >= 4 is 17.7 Å². The molecule has 2 atom stereocenters. The highest BCUT2D eigenvalue weighted by atomic mass is 32.2. The van der Waals surface area contributed by atoms with Gasteiger partial charge in [0.2, 0.25) is 5.91 Å². The molecule has 1 aliphatic heterocycles. The van der Waals surface area contributed by atoms with Crippen LogP contribution in [0.2, 0.25) is 0 Å². The number of hydrogen-bond donors (Lipinski definition) is 2. The van der Waals surface area contributed by atoms with E-state index >= 15 is 0 Å². The molecule has 28 heavy (non-hydrogen) atoms. The molecule has 0 aliphatic carbocycles. The molecule has 4 nitrogen and oxygen atoms in total. The SMILES string of the molecule is Cc1ccc(SCC(=O)N[C@@H](C)[C@@H](c2ccccc2)[NH+]2CCOCC2)c(C)c1. The molecule has 5 heteroatoms. The van der Waals surface area contributed by atoms with Gasteiger partial charge < -0.3 is 15.0 Å². The second-order valence-corrected chi connectivity index (χ2v) is 8.59. The Labute approximate surface area is 172 Å². The molecule has 0 bridgehead atoms. The smallest absolute Gasteiger partial charge is 0.230 e. The van der Waals surface area contributed by atoms with Crippen molar-refractivity contribution in [1.29, 1.82) is 0 Å². The zero-order valence-corrected chi connectivity index (χ0v) is 17.9. The Morgan fingerprint density at radius 3 is 2.54 bits per heavy atom. The van der Waals surface area contributed by atoms with E-state index in [0.717, 1.165) is 26.3 Å². The van der Waals surface area contributed by atoms with Gasteiger partial charge in [-0.1, -0.05) is 48.0 Å². The van der Waals surface area contributed by atoms with Gasteiger partial charge in [0.25, 0.3) is 0 Å². The van der Waals surface area contributed by atoms with Gasteiger partial charge in [-0.2, -0.15) is 0 Å². The minimum Gasteiger partial charge on any atom is -0.370 e. The average molecular weight is 400 g/mol. The van der Waals surface area contributed by atoms with Crippen molar-refractivity contribution in [2.24, 2.45) is 0 Å². The van der Waals surface area contributed by atoms with Crippen LogP contribution in [0.25, 0.3) is 0 Å². The van der Waals surface area contributed by atoms with Crippen molar-refractivity contribution in [3.63, 3.8) is 0 Å².